The number of sulfonamides is 2. The van der Waals surface area contributed by atoms with E-state index in [9.17, 15) is 16.8 Å². The predicted octanol–water partition coefficient (Wildman–Crippen LogP) is 3.00. The van der Waals surface area contributed by atoms with Crippen LogP contribution in [0.2, 0.25) is 0 Å². The van der Waals surface area contributed by atoms with Crippen molar-refractivity contribution in [1.29, 1.82) is 0 Å². The fourth-order valence-electron chi connectivity index (χ4n) is 3.22. The van der Waals surface area contributed by atoms with E-state index < -0.39 is 20.0 Å². The Balaban J connectivity index is 1.99. The van der Waals surface area contributed by atoms with Crippen LogP contribution in [0.25, 0.3) is 0 Å². The number of aryl methyl sites for hydroxylation is 1. The molecule has 0 aliphatic carbocycles. The molecule has 30 heavy (non-hydrogen) atoms. The summed E-state index contributed by atoms with van der Waals surface area (Å²) >= 11 is 0. The maximum absolute atomic E-state index is 13.1. The van der Waals surface area contributed by atoms with E-state index in [1.165, 1.54) is 25.2 Å². The van der Waals surface area contributed by atoms with Crippen LogP contribution in [-0.4, -0.2) is 28.9 Å². The first kappa shape index (κ1) is 21.9. The summed E-state index contributed by atoms with van der Waals surface area (Å²) in [7, 11) is -6.29. The van der Waals surface area contributed by atoms with Gasteiger partial charge in [-0.1, -0.05) is 30.3 Å². The topological polar surface area (TPSA) is 96.4 Å². The molecule has 0 spiro atoms. The zero-order valence-corrected chi connectivity index (χ0v) is 18.5. The van der Waals surface area contributed by atoms with Gasteiger partial charge in [0.1, 0.15) is 0 Å². The van der Waals surface area contributed by atoms with Gasteiger partial charge in [0.2, 0.25) is 10.0 Å². The van der Waals surface area contributed by atoms with Gasteiger partial charge in [0, 0.05) is 26.0 Å². The lowest BCUT2D eigenvalue weighted by Gasteiger charge is -2.25. The Morgan fingerprint density at radius 2 is 1.63 bits per heavy atom. The van der Waals surface area contributed by atoms with Gasteiger partial charge in [0.25, 0.3) is 10.0 Å². The first-order valence-corrected chi connectivity index (χ1v) is 12.1. The molecule has 3 rings (SSSR count). The molecule has 158 valence electrons. The number of nitrogens with zero attached hydrogens (tertiary/aromatic N) is 2. The minimum Gasteiger partial charge on any atom is -0.269 e. The highest BCUT2D eigenvalue weighted by atomic mass is 32.2. The average molecular weight is 446 g/mol. The normalized spacial score (nSPS) is 12.0. The van der Waals surface area contributed by atoms with Crippen molar-refractivity contribution >= 4 is 25.7 Å². The van der Waals surface area contributed by atoms with Crippen LogP contribution in [0, 0.1) is 13.8 Å². The highest BCUT2D eigenvalue weighted by Gasteiger charge is 2.27. The van der Waals surface area contributed by atoms with E-state index in [2.05, 4.69) is 9.71 Å². The Morgan fingerprint density at radius 3 is 2.27 bits per heavy atom. The molecule has 0 bridgehead atoms. The number of pyridine rings is 1. The van der Waals surface area contributed by atoms with Gasteiger partial charge in [-0.2, -0.15) is 0 Å². The lowest BCUT2D eigenvalue weighted by atomic mass is 10.1. The van der Waals surface area contributed by atoms with Gasteiger partial charge in [-0.15, -0.1) is 0 Å². The highest BCUT2D eigenvalue weighted by molar-refractivity contribution is 7.92. The first-order chi connectivity index (χ1) is 14.1. The van der Waals surface area contributed by atoms with E-state index in [-0.39, 0.29) is 16.3 Å². The van der Waals surface area contributed by atoms with Crippen LogP contribution in [0.3, 0.4) is 0 Å². The predicted molar refractivity (Wildman–Crippen MR) is 116 cm³/mol. The van der Waals surface area contributed by atoms with Crippen LogP contribution in [0.4, 0.5) is 5.69 Å². The second-order valence-electron chi connectivity index (χ2n) is 6.83. The second kappa shape index (κ2) is 8.55. The largest absolute Gasteiger partial charge is 0.269 e. The molecule has 9 heteroatoms. The van der Waals surface area contributed by atoms with Crippen LogP contribution in [0.5, 0.6) is 0 Å². The molecule has 0 fully saturated rings. The van der Waals surface area contributed by atoms with Crippen LogP contribution in [-0.2, 0) is 26.6 Å². The van der Waals surface area contributed by atoms with Gasteiger partial charge in [-0.25, -0.2) is 21.6 Å². The summed E-state index contributed by atoms with van der Waals surface area (Å²) < 4.78 is 55.7. The quantitative estimate of drug-likeness (QED) is 0.603. The summed E-state index contributed by atoms with van der Waals surface area (Å²) in [5, 5.41) is 0. The summed E-state index contributed by atoms with van der Waals surface area (Å²) in [6, 6.07) is 14.6. The molecular formula is C21H23N3O4S2. The van der Waals surface area contributed by atoms with Gasteiger partial charge in [-0.3, -0.25) is 9.29 Å². The van der Waals surface area contributed by atoms with Crippen LogP contribution < -0.4 is 9.03 Å². The van der Waals surface area contributed by atoms with Crippen molar-refractivity contribution in [2.75, 3.05) is 11.4 Å². The van der Waals surface area contributed by atoms with E-state index >= 15 is 0 Å². The molecule has 7 nitrogen and oxygen atoms in total. The second-order valence-corrected chi connectivity index (χ2v) is 10.5. The third-order valence-electron chi connectivity index (χ3n) is 4.78. The number of rotatable bonds is 7. The smallest absolute Gasteiger partial charge is 0.264 e. The first-order valence-electron chi connectivity index (χ1n) is 9.17. The summed E-state index contributed by atoms with van der Waals surface area (Å²) in [5.41, 5.74) is 2.06. The van der Waals surface area contributed by atoms with Crippen molar-refractivity contribution in [3.8, 4) is 0 Å². The SMILES string of the molecule is Cc1ccc(S(=O)(=O)NCc2cccnc2)c(C)c1N(C)S(=O)(=O)c1ccccc1. The third-order valence-corrected chi connectivity index (χ3v) is 8.10. The fraction of sp³-hybridized carbons (Fsp3) is 0.190. The Labute approximate surface area is 177 Å². The maximum atomic E-state index is 13.1. The Morgan fingerprint density at radius 1 is 0.933 bits per heavy atom. The van der Waals surface area contributed by atoms with Gasteiger partial charge in [-0.05, 0) is 54.8 Å². The van der Waals surface area contributed by atoms with E-state index in [1.807, 2.05) is 0 Å². The van der Waals surface area contributed by atoms with Crippen LogP contribution >= 0.6 is 0 Å². The number of benzene rings is 2. The summed E-state index contributed by atoms with van der Waals surface area (Å²) in [6.45, 7) is 3.44. The van der Waals surface area contributed by atoms with E-state index in [4.69, 9.17) is 0 Å². The van der Waals surface area contributed by atoms with Gasteiger partial charge >= 0.3 is 0 Å². The van der Waals surface area contributed by atoms with Crippen molar-refractivity contribution < 1.29 is 16.8 Å². The number of hydrogen-bond donors (Lipinski definition) is 1. The molecule has 0 aliphatic rings. The molecule has 0 unspecified atom stereocenters. The molecule has 2 aromatic carbocycles. The molecule has 0 atom stereocenters. The monoisotopic (exact) mass is 445 g/mol. The molecule has 1 N–H and O–H groups in total. The third kappa shape index (κ3) is 4.38. The molecule has 0 saturated carbocycles. The number of hydrogen-bond acceptors (Lipinski definition) is 5. The highest BCUT2D eigenvalue weighted by Crippen LogP contribution is 2.32. The zero-order chi connectivity index (χ0) is 21.9. The van der Waals surface area contributed by atoms with Gasteiger partial charge in [0.05, 0.1) is 15.5 Å². The summed E-state index contributed by atoms with van der Waals surface area (Å²) in [5.74, 6) is 0. The van der Waals surface area contributed by atoms with Crippen molar-refractivity contribution in [2.24, 2.45) is 0 Å². The lowest BCUT2D eigenvalue weighted by molar-refractivity contribution is 0.580. The molecule has 0 radical (unpaired) electrons. The van der Waals surface area contributed by atoms with Gasteiger partial charge in [0.15, 0.2) is 0 Å². The van der Waals surface area contributed by atoms with E-state index in [0.29, 0.717) is 16.8 Å². The number of aromatic nitrogens is 1. The van der Waals surface area contributed by atoms with Gasteiger partial charge < -0.3 is 0 Å². The Hall–Kier alpha value is -2.75. The molecule has 1 aromatic heterocycles. The van der Waals surface area contributed by atoms with Crippen molar-refractivity contribution in [1.82, 2.24) is 9.71 Å². The Bertz CT molecular complexity index is 1240. The molecule has 3 aromatic rings. The fourth-order valence-corrected chi connectivity index (χ4v) is 5.82. The van der Waals surface area contributed by atoms with E-state index in [0.717, 1.165) is 9.87 Å². The summed E-state index contributed by atoms with van der Waals surface area (Å²) in [4.78, 5) is 4.14. The minimum absolute atomic E-state index is 0.0297. The van der Waals surface area contributed by atoms with Crippen LogP contribution in [0.15, 0.2) is 76.8 Å². The molecule has 0 saturated heterocycles. The van der Waals surface area contributed by atoms with Crippen molar-refractivity contribution in [3.63, 3.8) is 0 Å². The minimum atomic E-state index is -3.87. The lowest BCUT2D eigenvalue weighted by Crippen LogP contribution is -2.29. The Kier molecular flexibility index (Phi) is 6.25. The standard InChI is InChI=1S/C21H23N3O4S2/c1-16-11-12-20(29(25,26)23-15-18-8-7-13-22-14-18)17(2)21(16)24(3)30(27,28)19-9-5-4-6-10-19/h4-14,23H,15H2,1-3H3. The molecule has 1 heterocycles. The molecule has 0 amide bonds. The van der Waals surface area contributed by atoms with E-state index in [1.54, 1.807) is 62.6 Å². The van der Waals surface area contributed by atoms with Crippen LogP contribution in [0.1, 0.15) is 16.7 Å². The maximum Gasteiger partial charge on any atom is 0.264 e. The number of nitrogens with one attached hydrogen (secondary N) is 1. The number of anilines is 1. The molecule has 0 aliphatic heterocycles. The van der Waals surface area contributed by atoms with Crippen molar-refractivity contribution in [2.45, 2.75) is 30.2 Å². The molecular weight excluding hydrogens is 422 g/mol. The average Bonchev–Trinajstić information content (AvgIpc) is 2.73. The van der Waals surface area contributed by atoms with Crippen molar-refractivity contribution in [3.05, 3.63) is 83.7 Å². The zero-order valence-electron chi connectivity index (χ0n) is 16.9. The summed E-state index contributed by atoms with van der Waals surface area (Å²) in [6.07, 6.45) is 3.19.